The normalized spacial score (nSPS) is 18.1. The van der Waals surface area contributed by atoms with Gasteiger partial charge in [0, 0.05) is 12.5 Å². The van der Waals surface area contributed by atoms with Gasteiger partial charge in [-0.1, -0.05) is 47.6 Å². The molecule has 0 bridgehead atoms. The molecule has 1 aromatic heterocycles. The van der Waals surface area contributed by atoms with Crippen LogP contribution in [0, 0.1) is 23.2 Å². The van der Waals surface area contributed by atoms with E-state index < -0.39 is 0 Å². The number of hydrogen-bond acceptors (Lipinski definition) is 3. The number of rotatable bonds is 6. The van der Waals surface area contributed by atoms with Gasteiger partial charge in [0.1, 0.15) is 5.75 Å². The summed E-state index contributed by atoms with van der Waals surface area (Å²) in [6, 6.07) is 7.96. The molecular formula is C25H36N2O2. The average molecular weight is 397 g/mol. The fourth-order valence-corrected chi connectivity index (χ4v) is 4.69. The van der Waals surface area contributed by atoms with E-state index >= 15 is 0 Å². The molecule has 0 saturated heterocycles. The Kier molecular flexibility index (Phi) is 6.21. The van der Waals surface area contributed by atoms with Gasteiger partial charge in [-0.2, -0.15) is 5.10 Å². The highest BCUT2D eigenvalue weighted by Gasteiger charge is 2.34. The van der Waals surface area contributed by atoms with Crippen LogP contribution in [0.2, 0.25) is 0 Å². The Labute approximate surface area is 175 Å². The van der Waals surface area contributed by atoms with Crippen molar-refractivity contribution in [3.8, 4) is 11.4 Å². The van der Waals surface area contributed by atoms with Gasteiger partial charge in [-0.25, -0.2) is 4.68 Å². The zero-order valence-corrected chi connectivity index (χ0v) is 19.1. The second kappa shape index (κ2) is 8.33. The molecule has 1 aromatic carbocycles. The Morgan fingerprint density at radius 2 is 1.93 bits per heavy atom. The van der Waals surface area contributed by atoms with Crippen molar-refractivity contribution in [1.29, 1.82) is 0 Å². The topological polar surface area (TPSA) is 44.1 Å². The molecule has 1 heterocycles. The van der Waals surface area contributed by atoms with Crippen LogP contribution in [0.3, 0.4) is 0 Å². The lowest BCUT2D eigenvalue weighted by molar-refractivity contribution is 0.0931. The van der Waals surface area contributed by atoms with Crippen LogP contribution in [0.25, 0.3) is 5.69 Å². The van der Waals surface area contributed by atoms with Crippen LogP contribution in [0.4, 0.5) is 0 Å². The molecule has 2 unspecified atom stereocenters. The number of hydrogen-bond donors (Lipinski definition) is 0. The molecule has 0 saturated carbocycles. The molecule has 1 aliphatic carbocycles. The highest BCUT2D eigenvalue weighted by Crippen LogP contribution is 2.35. The Morgan fingerprint density at radius 1 is 1.21 bits per heavy atom. The molecule has 158 valence electrons. The van der Waals surface area contributed by atoms with Crippen molar-refractivity contribution in [2.24, 2.45) is 23.2 Å². The standard InChI is InChI=1S/C25H36N2O2/c1-16(2)18-12-22-24(23(28)13-18)21(11-17(3)15-25(4,5)6)26-27(22)19-9-8-10-20(14-19)29-7/h8-10,14,16-18H,11-13,15H2,1-7H3. The summed E-state index contributed by atoms with van der Waals surface area (Å²) in [5, 5.41) is 4.99. The first-order valence-electron chi connectivity index (χ1n) is 10.9. The third-order valence-corrected chi connectivity index (χ3v) is 5.98. The van der Waals surface area contributed by atoms with Gasteiger partial charge in [0.2, 0.25) is 0 Å². The number of carbonyl (C=O) groups is 1. The number of methoxy groups -OCH3 is 1. The predicted octanol–water partition coefficient (Wildman–Crippen LogP) is 5.90. The fourth-order valence-electron chi connectivity index (χ4n) is 4.69. The SMILES string of the molecule is COc1cccc(-n2nc(CC(C)CC(C)(C)C)c3c2CC(C(C)C)CC3=O)c1. The number of aromatic nitrogens is 2. The third kappa shape index (κ3) is 4.91. The van der Waals surface area contributed by atoms with E-state index in [4.69, 9.17) is 9.84 Å². The average Bonchev–Trinajstić information content (AvgIpc) is 2.98. The summed E-state index contributed by atoms with van der Waals surface area (Å²) >= 11 is 0. The maximum absolute atomic E-state index is 13.2. The lowest BCUT2D eigenvalue weighted by Crippen LogP contribution is -2.25. The van der Waals surface area contributed by atoms with E-state index in [0.29, 0.717) is 24.2 Å². The number of Topliss-reactive ketones (excluding diaryl/α,β-unsaturated/α-hetero) is 1. The highest BCUT2D eigenvalue weighted by molar-refractivity contribution is 5.99. The zero-order valence-electron chi connectivity index (χ0n) is 19.1. The predicted molar refractivity (Wildman–Crippen MR) is 118 cm³/mol. The maximum atomic E-state index is 13.2. The van der Waals surface area contributed by atoms with Crippen molar-refractivity contribution < 1.29 is 9.53 Å². The molecule has 3 rings (SSSR count). The van der Waals surface area contributed by atoms with Gasteiger partial charge < -0.3 is 4.74 Å². The van der Waals surface area contributed by atoms with Crippen LogP contribution >= 0.6 is 0 Å². The van der Waals surface area contributed by atoms with Crippen molar-refractivity contribution in [2.75, 3.05) is 7.11 Å². The Hall–Kier alpha value is -2.10. The maximum Gasteiger partial charge on any atom is 0.166 e. The first-order valence-corrected chi connectivity index (χ1v) is 10.9. The lowest BCUT2D eigenvalue weighted by atomic mass is 9.78. The van der Waals surface area contributed by atoms with Crippen LogP contribution in [0.1, 0.15) is 76.1 Å². The van der Waals surface area contributed by atoms with Gasteiger partial charge in [0.05, 0.1) is 29.7 Å². The molecule has 0 N–H and O–H groups in total. The summed E-state index contributed by atoms with van der Waals surface area (Å²) in [6.07, 6.45) is 3.48. The lowest BCUT2D eigenvalue weighted by Gasteiger charge is -2.26. The molecule has 2 aromatic rings. The molecule has 2 atom stereocenters. The second-order valence-electron chi connectivity index (χ2n) is 10.3. The van der Waals surface area contributed by atoms with Crippen LogP contribution in [0.5, 0.6) is 5.75 Å². The molecule has 4 nitrogen and oxygen atoms in total. The van der Waals surface area contributed by atoms with Gasteiger partial charge in [0.15, 0.2) is 5.78 Å². The number of fused-ring (bicyclic) bond motifs is 1. The van der Waals surface area contributed by atoms with Crippen molar-refractivity contribution in [1.82, 2.24) is 9.78 Å². The third-order valence-electron chi connectivity index (χ3n) is 5.98. The van der Waals surface area contributed by atoms with Crippen molar-refractivity contribution in [3.63, 3.8) is 0 Å². The summed E-state index contributed by atoms with van der Waals surface area (Å²) in [4.78, 5) is 13.2. The number of benzene rings is 1. The monoisotopic (exact) mass is 396 g/mol. The van der Waals surface area contributed by atoms with Crippen LogP contribution in [-0.4, -0.2) is 22.7 Å². The van der Waals surface area contributed by atoms with Crippen LogP contribution in [0.15, 0.2) is 24.3 Å². The van der Waals surface area contributed by atoms with Crippen molar-refractivity contribution in [2.45, 2.75) is 67.2 Å². The summed E-state index contributed by atoms with van der Waals surface area (Å²) in [5.74, 6) is 2.39. The van der Waals surface area contributed by atoms with Gasteiger partial charge in [-0.05, 0) is 54.6 Å². The Morgan fingerprint density at radius 3 is 2.55 bits per heavy atom. The minimum Gasteiger partial charge on any atom is -0.497 e. The Balaban J connectivity index is 2.05. The minimum atomic E-state index is 0.261. The largest absolute Gasteiger partial charge is 0.497 e. The molecule has 29 heavy (non-hydrogen) atoms. The highest BCUT2D eigenvalue weighted by atomic mass is 16.5. The summed E-state index contributed by atoms with van der Waals surface area (Å²) < 4.78 is 7.42. The first-order chi connectivity index (χ1) is 13.6. The molecule has 0 fully saturated rings. The van der Waals surface area contributed by atoms with E-state index in [1.165, 1.54) is 0 Å². The van der Waals surface area contributed by atoms with Gasteiger partial charge in [-0.3, -0.25) is 4.79 Å². The smallest absolute Gasteiger partial charge is 0.166 e. The molecule has 0 amide bonds. The minimum absolute atomic E-state index is 0.261. The van der Waals surface area contributed by atoms with Crippen LogP contribution < -0.4 is 4.74 Å². The van der Waals surface area contributed by atoms with Gasteiger partial charge in [0.25, 0.3) is 0 Å². The van der Waals surface area contributed by atoms with Gasteiger partial charge in [-0.15, -0.1) is 0 Å². The molecular weight excluding hydrogens is 360 g/mol. The number of ketones is 1. The van der Waals surface area contributed by atoms with Gasteiger partial charge >= 0.3 is 0 Å². The van der Waals surface area contributed by atoms with E-state index in [0.717, 1.165) is 47.7 Å². The van der Waals surface area contributed by atoms with Crippen molar-refractivity contribution >= 4 is 5.78 Å². The summed E-state index contributed by atoms with van der Waals surface area (Å²) in [7, 11) is 1.68. The zero-order chi connectivity index (χ0) is 21.3. The molecule has 1 aliphatic rings. The van der Waals surface area contributed by atoms with E-state index in [1.54, 1.807) is 7.11 Å². The molecule has 0 radical (unpaired) electrons. The second-order valence-corrected chi connectivity index (χ2v) is 10.3. The van der Waals surface area contributed by atoms with E-state index in [1.807, 2.05) is 28.9 Å². The van der Waals surface area contributed by atoms with Crippen molar-refractivity contribution in [3.05, 3.63) is 41.2 Å². The molecule has 0 aliphatic heterocycles. The van der Waals surface area contributed by atoms with E-state index in [2.05, 4.69) is 41.5 Å². The molecule has 0 spiro atoms. The number of ether oxygens (including phenoxy) is 1. The number of carbonyl (C=O) groups excluding carboxylic acids is 1. The van der Waals surface area contributed by atoms with E-state index in [9.17, 15) is 4.79 Å². The first kappa shape index (κ1) is 21.6. The number of nitrogens with zero attached hydrogens (tertiary/aromatic N) is 2. The molecule has 4 heteroatoms. The summed E-state index contributed by atoms with van der Waals surface area (Å²) in [6.45, 7) is 13.5. The van der Waals surface area contributed by atoms with E-state index in [-0.39, 0.29) is 11.2 Å². The quantitative estimate of drug-likeness (QED) is 0.611. The fraction of sp³-hybridized carbons (Fsp3) is 0.600. The Bertz CT molecular complexity index is 873. The van der Waals surface area contributed by atoms with Crippen LogP contribution in [-0.2, 0) is 12.8 Å². The summed E-state index contributed by atoms with van der Waals surface area (Å²) in [5.41, 5.74) is 4.15.